The fourth-order valence-electron chi connectivity index (χ4n) is 1.51. The highest BCUT2D eigenvalue weighted by molar-refractivity contribution is 7.92. The van der Waals surface area contributed by atoms with Gasteiger partial charge in [0.05, 0.1) is 24.1 Å². The molecular weight excluding hydrogens is 294 g/mol. The van der Waals surface area contributed by atoms with Crippen LogP contribution in [0.4, 0.5) is 5.95 Å². The van der Waals surface area contributed by atoms with Crippen LogP contribution in [0.1, 0.15) is 11.4 Å². The number of aromatic nitrogens is 5. The van der Waals surface area contributed by atoms with Crippen LogP contribution < -0.4 is 10.0 Å². The molecule has 2 aromatic rings. The number of likely N-dealkylation sites (N-methyl/N-ethyl adjacent to an activating group) is 1. The summed E-state index contributed by atoms with van der Waals surface area (Å²) in [7, 11) is -1.95. The number of hydrogen-bond donors (Lipinski definition) is 2. The third-order valence-corrected chi connectivity index (χ3v) is 4.11. The van der Waals surface area contributed by atoms with E-state index in [0.29, 0.717) is 24.5 Å². The maximum atomic E-state index is 12.2. The van der Waals surface area contributed by atoms with Gasteiger partial charge < -0.3 is 5.32 Å². The lowest BCUT2D eigenvalue weighted by molar-refractivity contribution is 0.582. The Hall–Kier alpha value is -2.07. The van der Waals surface area contributed by atoms with Gasteiger partial charge >= 0.3 is 0 Å². The van der Waals surface area contributed by atoms with E-state index in [2.05, 4.69) is 30.3 Å². The van der Waals surface area contributed by atoms with Crippen molar-refractivity contribution >= 4 is 16.0 Å². The molecule has 0 unspecified atom stereocenters. The largest absolute Gasteiger partial charge is 0.318 e. The maximum absolute atomic E-state index is 12.2. The van der Waals surface area contributed by atoms with E-state index in [9.17, 15) is 8.42 Å². The molecule has 0 atom stereocenters. The van der Waals surface area contributed by atoms with E-state index in [-0.39, 0.29) is 10.8 Å². The first-order valence-electron chi connectivity index (χ1n) is 6.30. The molecule has 2 heterocycles. The highest BCUT2D eigenvalue weighted by Gasteiger charge is 2.18. The Morgan fingerprint density at radius 2 is 2.00 bits per heavy atom. The molecule has 2 rings (SSSR count). The van der Waals surface area contributed by atoms with Crippen LogP contribution in [0.5, 0.6) is 0 Å². The molecule has 0 amide bonds. The van der Waals surface area contributed by atoms with Crippen molar-refractivity contribution < 1.29 is 8.42 Å². The first-order valence-corrected chi connectivity index (χ1v) is 7.78. The van der Waals surface area contributed by atoms with Gasteiger partial charge in [0.2, 0.25) is 0 Å². The van der Waals surface area contributed by atoms with Crippen LogP contribution in [-0.2, 0) is 16.6 Å². The Morgan fingerprint density at radius 3 is 2.67 bits per heavy atom. The summed E-state index contributed by atoms with van der Waals surface area (Å²) in [5.74, 6) is -0.0546. The number of aryl methyl sites for hydroxylation is 2. The van der Waals surface area contributed by atoms with E-state index in [1.54, 1.807) is 18.5 Å². The number of rotatable bonds is 6. The van der Waals surface area contributed by atoms with Crippen molar-refractivity contribution in [2.75, 3.05) is 18.3 Å². The van der Waals surface area contributed by atoms with E-state index >= 15 is 0 Å². The summed E-state index contributed by atoms with van der Waals surface area (Å²) in [6.07, 6.45) is 2.74. The molecule has 0 spiro atoms. The van der Waals surface area contributed by atoms with Gasteiger partial charge in [0, 0.05) is 12.7 Å². The van der Waals surface area contributed by atoms with Crippen molar-refractivity contribution in [2.24, 2.45) is 0 Å². The van der Waals surface area contributed by atoms with Gasteiger partial charge in [-0.3, -0.25) is 4.68 Å². The molecule has 0 aliphatic rings. The summed E-state index contributed by atoms with van der Waals surface area (Å²) in [5.41, 5.74) is 1.27. The Balaban J connectivity index is 2.17. The minimum atomic E-state index is -3.77. The van der Waals surface area contributed by atoms with Gasteiger partial charge in [-0.25, -0.2) is 18.1 Å². The second kappa shape index (κ2) is 6.14. The average Bonchev–Trinajstić information content (AvgIpc) is 2.90. The molecule has 114 valence electrons. The van der Waals surface area contributed by atoms with E-state index in [0.717, 1.165) is 0 Å². The van der Waals surface area contributed by atoms with Gasteiger partial charge in [0.1, 0.15) is 4.90 Å². The number of nitrogens with one attached hydrogen (secondary N) is 2. The van der Waals surface area contributed by atoms with E-state index in [4.69, 9.17) is 0 Å². The number of nitrogens with zero attached hydrogens (tertiary/aromatic N) is 5. The molecule has 0 saturated carbocycles. The fourth-order valence-corrected chi connectivity index (χ4v) is 2.40. The van der Waals surface area contributed by atoms with Crippen LogP contribution in [0.15, 0.2) is 17.3 Å². The second-order valence-corrected chi connectivity index (χ2v) is 6.14. The number of anilines is 1. The van der Waals surface area contributed by atoms with Crippen molar-refractivity contribution in [3.63, 3.8) is 0 Å². The van der Waals surface area contributed by atoms with Crippen molar-refractivity contribution in [3.8, 4) is 0 Å². The smallest absolute Gasteiger partial charge is 0.267 e. The minimum Gasteiger partial charge on any atom is -0.318 e. The number of hydrogen-bond acceptors (Lipinski definition) is 7. The minimum absolute atomic E-state index is 0.0546. The highest BCUT2D eigenvalue weighted by Crippen LogP contribution is 2.12. The highest BCUT2D eigenvalue weighted by atomic mass is 32.2. The predicted molar refractivity (Wildman–Crippen MR) is 76.3 cm³/mol. The molecule has 0 radical (unpaired) electrons. The average molecular weight is 311 g/mol. The summed E-state index contributed by atoms with van der Waals surface area (Å²) in [4.78, 5) is 4.09. The lowest BCUT2D eigenvalue weighted by atomic mass is 10.4. The SMILES string of the molecule is CNCCn1cc(S(=O)(=O)Nc2nnc(C)c(C)n2)cn1. The van der Waals surface area contributed by atoms with E-state index < -0.39 is 10.0 Å². The Morgan fingerprint density at radius 1 is 1.24 bits per heavy atom. The summed E-state index contributed by atoms with van der Waals surface area (Å²) in [5, 5.41) is 14.5. The number of sulfonamides is 1. The van der Waals surface area contributed by atoms with Crippen LogP contribution in [0.25, 0.3) is 0 Å². The summed E-state index contributed by atoms with van der Waals surface area (Å²) >= 11 is 0. The molecule has 0 fully saturated rings. The molecule has 9 nitrogen and oxygen atoms in total. The lowest BCUT2D eigenvalue weighted by Gasteiger charge is -2.05. The molecule has 21 heavy (non-hydrogen) atoms. The van der Waals surface area contributed by atoms with Gasteiger partial charge in [-0.1, -0.05) is 0 Å². The molecule has 10 heteroatoms. The molecule has 0 aliphatic heterocycles. The zero-order valence-corrected chi connectivity index (χ0v) is 12.8. The van der Waals surface area contributed by atoms with Crippen LogP contribution in [-0.4, -0.2) is 47.0 Å². The second-order valence-electron chi connectivity index (χ2n) is 4.45. The summed E-state index contributed by atoms with van der Waals surface area (Å²) < 4.78 is 28.2. The zero-order valence-electron chi connectivity index (χ0n) is 12.0. The van der Waals surface area contributed by atoms with Crippen molar-refractivity contribution in [3.05, 3.63) is 23.8 Å². The van der Waals surface area contributed by atoms with Gasteiger partial charge in [-0.15, -0.1) is 5.10 Å². The molecule has 2 aromatic heterocycles. The third-order valence-electron chi connectivity index (χ3n) is 2.83. The van der Waals surface area contributed by atoms with Crippen LogP contribution >= 0.6 is 0 Å². The zero-order chi connectivity index (χ0) is 15.5. The summed E-state index contributed by atoms with van der Waals surface area (Å²) in [6, 6.07) is 0. The van der Waals surface area contributed by atoms with Gasteiger partial charge in [-0.2, -0.15) is 10.2 Å². The predicted octanol–water partition coefficient (Wildman–Crippen LogP) is -0.295. The van der Waals surface area contributed by atoms with Crippen molar-refractivity contribution in [1.29, 1.82) is 0 Å². The molecule has 0 aliphatic carbocycles. The summed E-state index contributed by atoms with van der Waals surface area (Å²) in [6.45, 7) is 4.75. The van der Waals surface area contributed by atoms with E-state index in [1.165, 1.54) is 12.4 Å². The standard InChI is InChI=1S/C11H17N7O2S/c1-8-9(2)15-16-11(14-8)17-21(19,20)10-6-13-18(7-10)5-4-12-3/h6-7,12H,4-5H2,1-3H3,(H,14,16,17). The van der Waals surface area contributed by atoms with Crippen LogP contribution in [0, 0.1) is 13.8 Å². The topological polar surface area (TPSA) is 115 Å². The first kappa shape index (κ1) is 15.3. The van der Waals surface area contributed by atoms with Crippen molar-refractivity contribution in [2.45, 2.75) is 25.3 Å². The van der Waals surface area contributed by atoms with E-state index in [1.807, 2.05) is 7.05 Å². The molecule has 2 N–H and O–H groups in total. The van der Waals surface area contributed by atoms with Crippen molar-refractivity contribution in [1.82, 2.24) is 30.3 Å². The molecule has 0 bridgehead atoms. The van der Waals surface area contributed by atoms with Crippen LogP contribution in [0.2, 0.25) is 0 Å². The Bertz CT molecular complexity index is 726. The quantitative estimate of drug-likeness (QED) is 0.753. The molecule has 0 aromatic carbocycles. The fraction of sp³-hybridized carbons (Fsp3) is 0.455. The molecular formula is C11H17N7O2S. The van der Waals surface area contributed by atoms with Gasteiger partial charge in [-0.05, 0) is 20.9 Å². The van der Waals surface area contributed by atoms with Gasteiger partial charge in [0.25, 0.3) is 16.0 Å². The lowest BCUT2D eigenvalue weighted by Crippen LogP contribution is -2.17. The molecule has 0 saturated heterocycles. The Labute approximate surface area is 122 Å². The van der Waals surface area contributed by atoms with Gasteiger partial charge in [0.15, 0.2) is 0 Å². The Kier molecular flexibility index (Phi) is 4.48. The van der Waals surface area contributed by atoms with Crippen LogP contribution in [0.3, 0.4) is 0 Å². The maximum Gasteiger partial charge on any atom is 0.267 e. The monoisotopic (exact) mass is 311 g/mol. The first-order chi connectivity index (χ1) is 9.92. The normalized spacial score (nSPS) is 11.6. The third kappa shape index (κ3) is 3.73.